The zero-order valence-corrected chi connectivity index (χ0v) is 12.9. The fourth-order valence-corrected chi connectivity index (χ4v) is 3.46. The molecule has 0 radical (unpaired) electrons. The lowest BCUT2D eigenvalue weighted by Gasteiger charge is -2.35. The van der Waals surface area contributed by atoms with Crippen molar-refractivity contribution in [3.05, 3.63) is 35.6 Å². The van der Waals surface area contributed by atoms with E-state index in [0.717, 1.165) is 45.3 Å². The standard InChI is InChI=1S/C18H23FN2O/c19-15-5-2-1-4-14(15)12-17(6-7-17)16(22)20-18(8-9-18)13-21-10-3-11-21/h1-2,4-5H,3,6-13H2,(H,20,22). The van der Waals surface area contributed by atoms with E-state index < -0.39 is 0 Å². The average molecular weight is 302 g/mol. The van der Waals surface area contributed by atoms with Crippen LogP contribution in [0.2, 0.25) is 0 Å². The molecule has 0 spiro atoms. The molecule has 1 aromatic carbocycles. The van der Waals surface area contributed by atoms with Gasteiger partial charge in [-0.25, -0.2) is 4.39 Å². The maximum absolute atomic E-state index is 13.8. The van der Waals surface area contributed by atoms with Gasteiger partial charge in [-0.1, -0.05) is 18.2 Å². The molecule has 0 unspecified atom stereocenters. The molecule has 0 atom stereocenters. The molecule has 3 aliphatic rings. The fraction of sp³-hybridized carbons (Fsp3) is 0.611. The summed E-state index contributed by atoms with van der Waals surface area (Å²) in [7, 11) is 0. The molecule has 1 heterocycles. The second kappa shape index (κ2) is 5.05. The lowest BCUT2D eigenvalue weighted by molar-refractivity contribution is -0.127. The first kappa shape index (κ1) is 14.2. The van der Waals surface area contributed by atoms with Gasteiger partial charge in [0.05, 0.1) is 11.0 Å². The molecule has 1 saturated heterocycles. The van der Waals surface area contributed by atoms with E-state index >= 15 is 0 Å². The predicted molar refractivity (Wildman–Crippen MR) is 82.9 cm³/mol. The molecule has 1 N–H and O–H groups in total. The lowest BCUT2D eigenvalue weighted by Crippen LogP contribution is -2.51. The van der Waals surface area contributed by atoms with Crippen molar-refractivity contribution in [1.29, 1.82) is 0 Å². The van der Waals surface area contributed by atoms with E-state index in [2.05, 4.69) is 10.2 Å². The van der Waals surface area contributed by atoms with Crippen LogP contribution in [0.15, 0.2) is 24.3 Å². The topological polar surface area (TPSA) is 32.3 Å². The number of halogens is 1. The van der Waals surface area contributed by atoms with Crippen LogP contribution in [-0.4, -0.2) is 36.0 Å². The Balaban J connectivity index is 1.40. The van der Waals surface area contributed by atoms with Crippen molar-refractivity contribution >= 4 is 5.91 Å². The van der Waals surface area contributed by atoms with Gasteiger partial charge in [0.2, 0.25) is 5.91 Å². The third kappa shape index (κ3) is 2.65. The lowest BCUT2D eigenvalue weighted by atomic mass is 9.94. The van der Waals surface area contributed by atoms with Gasteiger partial charge in [0.25, 0.3) is 0 Å². The van der Waals surface area contributed by atoms with Crippen LogP contribution in [-0.2, 0) is 11.2 Å². The molecule has 0 aromatic heterocycles. The molecule has 0 bridgehead atoms. The van der Waals surface area contributed by atoms with Crippen molar-refractivity contribution in [3.63, 3.8) is 0 Å². The summed E-state index contributed by atoms with van der Waals surface area (Å²) in [5.41, 5.74) is 0.331. The Hall–Kier alpha value is -1.42. The Morgan fingerprint density at radius 2 is 1.91 bits per heavy atom. The molecular weight excluding hydrogens is 279 g/mol. The summed E-state index contributed by atoms with van der Waals surface area (Å²) < 4.78 is 13.8. The van der Waals surface area contributed by atoms with E-state index in [1.807, 2.05) is 6.07 Å². The molecule has 2 saturated carbocycles. The number of hydrogen-bond donors (Lipinski definition) is 1. The highest BCUT2D eigenvalue weighted by atomic mass is 19.1. The number of nitrogens with one attached hydrogen (secondary N) is 1. The van der Waals surface area contributed by atoms with E-state index in [1.165, 1.54) is 12.5 Å². The number of carbonyl (C=O) groups excluding carboxylic acids is 1. The quantitative estimate of drug-likeness (QED) is 0.875. The second-order valence-corrected chi connectivity index (χ2v) is 7.41. The predicted octanol–water partition coefficient (Wildman–Crippen LogP) is 2.50. The van der Waals surface area contributed by atoms with Gasteiger partial charge in [0, 0.05) is 6.54 Å². The first-order valence-corrected chi connectivity index (χ1v) is 8.39. The number of benzene rings is 1. The van der Waals surface area contributed by atoms with Crippen LogP contribution in [0.5, 0.6) is 0 Å². The number of likely N-dealkylation sites (tertiary alicyclic amines) is 1. The zero-order valence-electron chi connectivity index (χ0n) is 12.9. The van der Waals surface area contributed by atoms with Gasteiger partial charge in [-0.15, -0.1) is 0 Å². The molecule has 118 valence electrons. The molecule has 2 aliphatic carbocycles. The van der Waals surface area contributed by atoms with Crippen LogP contribution in [0.3, 0.4) is 0 Å². The number of hydrogen-bond acceptors (Lipinski definition) is 2. The summed E-state index contributed by atoms with van der Waals surface area (Å²) in [5.74, 6) is -0.0444. The molecule has 4 rings (SSSR count). The number of amides is 1. The van der Waals surface area contributed by atoms with E-state index in [0.29, 0.717) is 12.0 Å². The monoisotopic (exact) mass is 302 g/mol. The van der Waals surface area contributed by atoms with Crippen LogP contribution in [0.1, 0.15) is 37.7 Å². The first-order chi connectivity index (χ1) is 10.6. The minimum atomic E-state index is -0.354. The number of carbonyl (C=O) groups is 1. The minimum Gasteiger partial charge on any atom is -0.349 e. The Labute approximate surface area is 130 Å². The number of rotatable bonds is 6. The van der Waals surface area contributed by atoms with Crippen LogP contribution < -0.4 is 5.32 Å². The van der Waals surface area contributed by atoms with Gasteiger partial charge in [-0.3, -0.25) is 4.79 Å². The van der Waals surface area contributed by atoms with Crippen molar-refractivity contribution < 1.29 is 9.18 Å². The van der Waals surface area contributed by atoms with E-state index in [1.54, 1.807) is 12.1 Å². The van der Waals surface area contributed by atoms with Crippen molar-refractivity contribution in [3.8, 4) is 0 Å². The van der Waals surface area contributed by atoms with Crippen molar-refractivity contribution in [2.75, 3.05) is 19.6 Å². The van der Waals surface area contributed by atoms with E-state index in [4.69, 9.17) is 0 Å². The van der Waals surface area contributed by atoms with Crippen LogP contribution in [0, 0.1) is 11.2 Å². The van der Waals surface area contributed by atoms with Gasteiger partial charge >= 0.3 is 0 Å². The van der Waals surface area contributed by atoms with Gasteiger partial charge in [-0.05, 0) is 63.2 Å². The molecule has 3 nitrogen and oxygen atoms in total. The summed E-state index contributed by atoms with van der Waals surface area (Å²) in [6.45, 7) is 3.32. The van der Waals surface area contributed by atoms with E-state index in [-0.39, 0.29) is 22.7 Å². The summed E-state index contributed by atoms with van der Waals surface area (Å²) in [6.07, 6.45) is 5.75. The molecule has 1 aromatic rings. The largest absolute Gasteiger partial charge is 0.349 e. The molecule has 4 heteroatoms. The summed E-state index contributed by atoms with van der Waals surface area (Å²) in [4.78, 5) is 15.2. The molecule has 1 aliphatic heterocycles. The third-order valence-corrected chi connectivity index (χ3v) is 5.53. The zero-order chi connectivity index (χ0) is 15.2. The summed E-state index contributed by atoms with van der Waals surface area (Å²) >= 11 is 0. The maximum Gasteiger partial charge on any atom is 0.227 e. The summed E-state index contributed by atoms with van der Waals surface area (Å²) in [6, 6.07) is 6.83. The highest BCUT2D eigenvalue weighted by Crippen LogP contribution is 2.50. The molecule has 1 amide bonds. The van der Waals surface area contributed by atoms with Crippen molar-refractivity contribution in [1.82, 2.24) is 10.2 Å². The SMILES string of the molecule is O=C(NC1(CN2CCC2)CC1)C1(Cc2ccccc2F)CC1. The molecule has 3 fully saturated rings. The van der Waals surface area contributed by atoms with Gasteiger partial charge in [-0.2, -0.15) is 0 Å². The van der Waals surface area contributed by atoms with Crippen molar-refractivity contribution in [2.45, 2.75) is 44.1 Å². The summed E-state index contributed by atoms with van der Waals surface area (Å²) in [5, 5.41) is 3.31. The van der Waals surface area contributed by atoms with Crippen molar-refractivity contribution in [2.24, 2.45) is 5.41 Å². The van der Waals surface area contributed by atoms with Gasteiger partial charge in [0.15, 0.2) is 0 Å². The van der Waals surface area contributed by atoms with Crippen LogP contribution in [0.25, 0.3) is 0 Å². The number of nitrogens with zero attached hydrogens (tertiary/aromatic N) is 1. The Bertz CT molecular complexity index is 589. The highest BCUT2D eigenvalue weighted by Gasteiger charge is 2.54. The Morgan fingerprint density at radius 1 is 1.18 bits per heavy atom. The first-order valence-electron chi connectivity index (χ1n) is 8.39. The van der Waals surface area contributed by atoms with Crippen LogP contribution >= 0.6 is 0 Å². The minimum absolute atomic E-state index is 0.0162. The smallest absolute Gasteiger partial charge is 0.227 e. The molecule has 22 heavy (non-hydrogen) atoms. The third-order valence-electron chi connectivity index (χ3n) is 5.53. The highest BCUT2D eigenvalue weighted by molar-refractivity contribution is 5.86. The van der Waals surface area contributed by atoms with Gasteiger partial charge in [0.1, 0.15) is 5.82 Å². The second-order valence-electron chi connectivity index (χ2n) is 7.41. The average Bonchev–Trinajstić information content (AvgIpc) is 3.35. The Morgan fingerprint density at radius 3 is 2.45 bits per heavy atom. The normalized spacial score (nSPS) is 24.4. The van der Waals surface area contributed by atoms with Crippen LogP contribution in [0.4, 0.5) is 4.39 Å². The Kier molecular flexibility index (Phi) is 3.26. The molecular formula is C18H23FN2O. The van der Waals surface area contributed by atoms with E-state index in [9.17, 15) is 9.18 Å². The fourth-order valence-electron chi connectivity index (χ4n) is 3.46. The maximum atomic E-state index is 13.8. The van der Waals surface area contributed by atoms with Gasteiger partial charge < -0.3 is 10.2 Å².